The Morgan fingerprint density at radius 3 is 2.48 bits per heavy atom. The lowest BCUT2D eigenvalue weighted by Gasteiger charge is -2.39. The van der Waals surface area contributed by atoms with Crippen LogP contribution in [0.15, 0.2) is 36.4 Å². The van der Waals surface area contributed by atoms with Crippen molar-refractivity contribution in [3.63, 3.8) is 0 Å². The summed E-state index contributed by atoms with van der Waals surface area (Å²) in [5.41, 5.74) is 2.54. The van der Waals surface area contributed by atoms with Gasteiger partial charge in [-0.25, -0.2) is 0 Å². The minimum atomic E-state index is -0.345. The van der Waals surface area contributed by atoms with E-state index in [1.165, 1.54) is 11.6 Å². The van der Waals surface area contributed by atoms with Crippen molar-refractivity contribution in [2.75, 3.05) is 45.8 Å². The van der Waals surface area contributed by atoms with E-state index < -0.39 is 0 Å². The summed E-state index contributed by atoms with van der Waals surface area (Å²) in [6, 6.07) is 10.9. The number of carbonyl (C=O) groups excluding carboxylic acids is 1. The van der Waals surface area contributed by atoms with Gasteiger partial charge in [0.05, 0.1) is 5.56 Å². The van der Waals surface area contributed by atoms with Gasteiger partial charge in [0.1, 0.15) is 5.75 Å². The average Bonchev–Trinajstić information content (AvgIpc) is 2.83. The fourth-order valence-corrected chi connectivity index (χ4v) is 5.16. The molecule has 33 heavy (non-hydrogen) atoms. The van der Waals surface area contributed by atoms with Gasteiger partial charge < -0.3 is 20.2 Å². The molecular weight excluding hydrogens is 418 g/mol. The summed E-state index contributed by atoms with van der Waals surface area (Å²) in [5.74, 6) is -0.419. The van der Waals surface area contributed by atoms with E-state index in [0.717, 1.165) is 64.0 Å². The molecule has 1 unspecified atom stereocenters. The molecule has 7 heteroatoms. The summed E-state index contributed by atoms with van der Waals surface area (Å²) >= 11 is 0. The molecule has 0 spiro atoms. The number of fused-ring (bicyclic) bond motifs is 1. The fourth-order valence-electron chi connectivity index (χ4n) is 5.16. The molecule has 1 saturated heterocycles. The first kappa shape index (κ1) is 23.4. The molecule has 2 aliphatic rings. The zero-order valence-electron chi connectivity index (χ0n) is 19.4. The molecule has 1 fully saturated rings. The number of hydrogen-bond acceptors (Lipinski definition) is 6. The quantitative estimate of drug-likeness (QED) is 0.559. The average molecular weight is 454 g/mol. The Labute approximate surface area is 195 Å². The number of benzene rings is 2. The number of phenols is 3. The topological polar surface area (TPSA) is 87.5 Å². The predicted octanol–water partition coefficient (Wildman–Crippen LogP) is 2.83. The zero-order valence-corrected chi connectivity index (χ0v) is 19.4. The summed E-state index contributed by atoms with van der Waals surface area (Å²) in [7, 11) is 0. The molecular formula is C26H35N3O4. The second-order valence-electron chi connectivity index (χ2n) is 9.15. The highest BCUT2D eigenvalue weighted by molar-refractivity contribution is 5.97. The highest BCUT2D eigenvalue weighted by Gasteiger charge is 2.28. The molecule has 2 aromatic rings. The highest BCUT2D eigenvalue weighted by Crippen LogP contribution is 2.31. The Morgan fingerprint density at radius 2 is 1.73 bits per heavy atom. The molecule has 3 N–H and O–H groups in total. The van der Waals surface area contributed by atoms with Crippen LogP contribution in [-0.4, -0.2) is 87.8 Å². The highest BCUT2D eigenvalue weighted by atomic mass is 16.3. The van der Waals surface area contributed by atoms with Crippen LogP contribution in [0.3, 0.4) is 0 Å². The summed E-state index contributed by atoms with van der Waals surface area (Å²) in [5, 5.41) is 29.8. The number of rotatable bonds is 7. The van der Waals surface area contributed by atoms with Crippen molar-refractivity contribution >= 4 is 5.91 Å². The number of para-hydroxylation sites is 1. The first-order valence-electron chi connectivity index (χ1n) is 12.0. The normalized spacial score (nSPS) is 19.0. The molecule has 1 aliphatic heterocycles. The van der Waals surface area contributed by atoms with E-state index in [9.17, 15) is 20.1 Å². The monoisotopic (exact) mass is 453 g/mol. The van der Waals surface area contributed by atoms with Gasteiger partial charge in [-0.1, -0.05) is 25.1 Å². The van der Waals surface area contributed by atoms with Crippen molar-refractivity contribution < 1.29 is 20.1 Å². The minimum absolute atomic E-state index is 0.154. The number of phenolic OH excluding ortho intramolecular Hbond substituents is 3. The maximum Gasteiger partial charge on any atom is 0.257 e. The van der Waals surface area contributed by atoms with Crippen LogP contribution >= 0.6 is 0 Å². The molecule has 7 nitrogen and oxygen atoms in total. The van der Waals surface area contributed by atoms with Crippen LogP contribution < -0.4 is 0 Å². The first-order valence-corrected chi connectivity index (χ1v) is 12.0. The number of amides is 1. The second kappa shape index (κ2) is 10.4. The third-order valence-electron chi connectivity index (χ3n) is 7.07. The molecule has 178 valence electrons. The Balaban J connectivity index is 1.30. The van der Waals surface area contributed by atoms with E-state index in [1.54, 1.807) is 23.1 Å². The third-order valence-corrected chi connectivity index (χ3v) is 7.07. The smallest absolute Gasteiger partial charge is 0.257 e. The Kier molecular flexibility index (Phi) is 7.40. The summed E-state index contributed by atoms with van der Waals surface area (Å²) in [4.78, 5) is 19.5. The van der Waals surface area contributed by atoms with Gasteiger partial charge in [-0.2, -0.15) is 0 Å². The number of piperazine rings is 1. The maximum atomic E-state index is 12.8. The predicted molar refractivity (Wildman–Crippen MR) is 128 cm³/mol. The molecule has 4 rings (SSSR count). The number of nitrogens with zero attached hydrogens (tertiary/aromatic N) is 3. The zero-order chi connectivity index (χ0) is 23.4. The van der Waals surface area contributed by atoms with Crippen molar-refractivity contribution in [1.29, 1.82) is 0 Å². The third kappa shape index (κ3) is 5.25. The standard InChI is InChI=1S/C26H35N3O4/c1-2-11-28(20-9-10-21-19(18-20)5-3-7-23(21)30)15-12-27-13-16-29(17-14-27)26(33)22-6-4-8-24(31)25(22)32/h3-8,20,30-32H,2,9-18H2,1H3. The van der Waals surface area contributed by atoms with Gasteiger partial charge in [0, 0.05) is 45.3 Å². The minimum Gasteiger partial charge on any atom is -0.508 e. The van der Waals surface area contributed by atoms with Gasteiger partial charge in [-0.05, 0) is 61.6 Å². The van der Waals surface area contributed by atoms with Gasteiger partial charge >= 0.3 is 0 Å². The lowest BCUT2D eigenvalue weighted by molar-refractivity contribution is 0.0605. The molecule has 1 aliphatic carbocycles. The SMILES string of the molecule is CCCN(CCN1CCN(C(=O)c2cccc(O)c2O)CC1)C1CCc2c(O)cccc2C1. The van der Waals surface area contributed by atoms with Crippen molar-refractivity contribution in [3.05, 3.63) is 53.1 Å². The van der Waals surface area contributed by atoms with Crippen molar-refractivity contribution in [1.82, 2.24) is 14.7 Å². The van der Waals surface area contributed by atoms with Crippen LogP contribution in [0.2, 0.25) is 0 Å². The van der Waals surface area contributed by atoms with Gasteiger partial charge in [-0.15, -0.1) is 0 Å². The number of hydrogen-bond donors (Lipinski definition) is 3. The van der Waals surface area contributed by atoms with Gasteiger partial charge in [0.25, 0.3) is 5.91 Å². The van der Waals surface area contributed by atoms with Crippen LogP contribution in [0.5, 0.6) is 17.2 Å². The van der Waals surface area contributed by atoms with Gasteiger partial charge in [-0.3, -0.25) is 14.6 Å². The second-order valence-corrected chi connectivity index (χ2v) is 9.15. The maximum absolute atomic E-state index is 12.8. The van der Waals surface area contributed by atoms with Crippen LogP contribution in [0.4, 0.5) is 0 Å². The van der Waals surface area contributed by atoms with E-state index in [1.807, 2.05) is 6.07 Å². The summed E-state index contributed by atoms with van der Waals surface area (Å²) in [6.07, 6.45) is 4.09. The molecule has 1 amide bonds. The molecule has 2 aromatic carbocycles. The van der Waals surface area contributed by atoms with Crippen molar-refractivity contribution in [2.45, 2.75) is 38.6 Å². The van der Waals surface area contributed by atoms with Crippen molar-refractivity contribution in [3.8, 4) is 17.2 Å². The molecule has 0 aromatic heterocycles. The van der Waals surface area contributed by atoms with E-state index >= 15 is 0 Å². The van der Waals surface area contributed by atoms with E-state index in [4.69, 9.17) is 0 Å². The van der Waals surface area contributed by atoms with Crippen LogP contribution in [0, 0.1) is 0 Å². The van der Waals surface area contributed by atoms with Crippen LogP contribution in [0.1, 0.15) is 41.3 Å². The molecule has 0 saturated carbocycles. The van der Waals surface area contributed by atoms with E-state index in [-0.39, 0.29) is 23.0 Å². The molecule has 0 bridgehead atoms. The first-order chi connectivity index (χ1) is 16.0. The summed E-state index contributed by atoms with van der Waals surface area (Å²) in [6.45, 7) is 8.05. The van der Waals surface area contributed by atoms with E-state index in [2.05, 4.69) is 22.8 Å². The van der Waals surface area contributed by atoms with Gasteiger partial charge in [0.2, 0.25) is 0 Å². The van der Waals surface area contributed by atoms with Crippen molar-refractivity contribution in [2.24, 2.45) is 0 Å². The number of carbonyl (C=O) groups is 1. The lowest BCUT2D eigenvalue weighted by Crippen LogP contribution is -2.51. The van der Waals surface area contributed by atoms with E-state index in [0.29, 0.717) is 24.9 Å². The largest absolute Gasteiger partial charge is 0.508 e. The van der Waals surface area contributed by atoms with Crippen LogP contribution in [0.25, 0.3) is 0 Å². The molecule has 0 radical (unpaired) electrons. The van der Waals surface area contributed by atoms with Crippen LogP contribution in [-0.2, 0) is 12.8 Å². The Bertz CT molecular complexity index is 972. The lowest BCUT2D eigenvalue weighted by atomic mass is 9.87. The molecule has 1 atom stereocenters. The fraction of sp³-hybridized carbons (Fsp3) is 0.500. The Hall–Kier alpha value is -2.77. The molecule has 1 heterocycles. The number of aromatic hydroxyl groups is 3. The summed E-state index contributed by atoms with van der Waals surface area (Å²) < 4.78 is 0. The van der Waals surface area contributed by atoms with Gasteiger partial charge in [0.15, 0.2) is 11.5 Å². The Morgan fingerprint density at radius 1 is 1.00 bits per heavy atom.